The first-order chi connectivity index (χ1) is 11.4. The summed E-state index contributed by atoms with van der Waals surface area (Å²) in [5, 5.41) is 2.52. The molecule has 10 heteroatoms. The zero-order chi connectivity index (χ0) is 17.3. The molecule has 1 amide bonds. The fourth-order valence-corrected chi connectivity index (χ4v) is 2.18. The predicted octanol–water partition coefficient (Wildman–Crippen LogP) is 1.30. The van der Waals surface area contributed by atoms with Crippen LogP contribution in [0, 0.1) is 0 Å². The number of H-pyrrole nitrogens is 2. The van der Waals surface area contributed by atoms with Gasteiger partial charge in [-0.2, -0.15) is 13.2 Å². The fourth-order valence-electron chi connectivity index (χ4n) is 2.18. The first kappa shape index (κ1) is 15.7. The highest BCUT2D eigenvalue weighted by molar-refractivity contribution is 6.04. The molecule has 0 aliphatic heterocycles. The number of nitrogens with zero attached hydrogens (tertiary/aromatic N) is 2. The molecule has 0 unspecified atom stereocenters. The number of pyridine rings is 1. The summed E-state index contributed by atoms with van der Waals surface area (Å²) in [7, 11) is 0. The van der Waals surface area contributed by atoms with E-state index in [0.717, 1.165) is 12.3 Å². The van der Waals surface area contributed by atoms with Gasteiger partial charge < -0.3 is 16.0 Å². The number of rotatable bonds is 3. The Morgan fingerprint density at radius 2 is 2.17 bits per heavy atom. The highest BCUT2D eigenvalue weighted by atomic mass is 19.4. The van der Waals surface area contributed by atoms with E-state index in [-0.39, 0.29) is 17.8 Å². The van der Waals surface area contributed by atoms with Crippen molar-refractivity contribution in [3.63, 3.8) is 0 Å². The monoisotopic (exact) mass is 337 g/mol. The van der Waals surface area contributed by atoms with Crippen molar-refractivity contribution in [2.75, 3.05) is 5.73 Å². The molecule has 7 nitrogen and oxygen atoms in total. The van der Waals surface area contributed by atoms with Crippen molar-refractivity contribution < 1.29 is 22.9 Å². The molecule has 0 spiro atoms. The zero-order valence-corrected chi connectivity index (χ0v) is 12.1. The average molecular weight is 337 g/mol. The Balaban J connectivity index is 1.78. The number of amides is 1. The average Bonchev–Trinajstić information content (AvgIpc) is 2.93. The van der Waals surface area contributed by atoms with E-state index in [1.807, 2.05) is 0 Å². The van der Waals surface area contributed by atoms with Crippen molar-refractivity contribution in [2.24, 2.45) is 0 Å². The lowest BCUT2D eigenvalue weighted by Gasteiger charge is -2.08. The van der Waals surface area contributed by atoms with Crippen LogP contribution < -0.4 is 16.0 Å². The van der Waals surface area contributed by atoms with Crippen LogP contribution in [0.2, 0.25) is 0 Å². The number of carbonyl (C=O) groups excluding carboxylic acids is 1. The largest absolute Gasteiger partial charge is 0.433 e. The minimum Gasteiger partial charge on any atom is -0.394 e. The van der Waals surface area contributed by atoms with Crippen molar-refractivity contribution in [1.82, 2.24) is 20.3 Å². The molecule has 3 aromatic rings. The Morgan fingerprint density at radius 3 is 2.92 bits per heavy atom. The number of fused-ring (bicyclic) bond motifs is 1. The molecule has 0 bridgehead atoms. The minimum atomic E-state index is -4.54. The Hall–Kier alpha value is -3.17. The lowest BCUT2D eigenvalue weighted by molar-refractivity contribution is -0.349. The van der Waals surface area contributed by atoms with Gasteiger partial charge in [-0.3, -0.25) is 9.78 Å². The Labute approximate surface area is 133 Å². The standard InChI is InChI=1S/C14H11F3N6O/c15-14(16,17)9-3-7(1-2-19-9)4-21-13(24)12-11-10(22-6-23-12)8(18)5-20-11/h1-3,5-6,20H,4,18H2,(H,21,24)/p+1. The van der Waals surface area contributed by atoms with E-state index in [1.54, 1.807) is 0 Å². The summed E-state index contributed by atoms with van der Waals surface area (Å²) in [5.74, 6) is -0.541. The highest BCUT2D eigenvalue weighted by Crippen LogP contribution is 2.27. The molecule has 0 aromatic carbocycles. The summed E-state index contributed by atoms with van der Waals surface area (Å²) in [6.07, 6.45) is -0.664. The van der Waals surface area contributed by atoms with Crippen LogP contribution in [-0.4, -0.2) is 20.9 Å². The maximum absolute atomic E-state index is 12.6. The fraction of sp³-hybridized carbons (Fsp3) is 0.143. The molecule has 3 aromatic heterocycles. The molecule has 0 saturated carbocycles. The van der Waals surface area contributed by atoms with E-state index in [4.69, 9.17) is 5.73 Å². The van der Waals surface area contributed by atoms with Gasteiger partial charge in [-0.15, -0.1) is 0 Å². The summed E-state index contributed by atoms with van der Waals surface area (Å²) in [5.41, 5.74) is 6.44. The van der Waals surface area contributed by atoms with E-state index < -0.39 is 17.8 Å². The maximum atomic E-state index is 12.6. The van der Waals surface area contributed by atoms with Crippen LogP contribution in [-0.2, 0) is 12.7 Å². The van der Waals surface area contributed by atoms with Gasteiger partial charge in [-0.05, 0) is 22.7 Å². The Kier molecular flexibility index (Phi) is 3.80. The van der Waals surface area contributed by atoms with Crippen molar-refractivity contribution in [1.29, 1.82) is 0 Å². The smallest absolute Gasteiger partial charge is 0.394 e. The number of nitrogens with two attached hydrogens (primary N) is 1. The number of nitrogens with one attached hydrogen (secondary N) is 3. The van der Waals surface area contributed by atoms with Crippen LogP contribution in [0.15, 0.2) is 30.9 Å². The third-order valence-corrected chi connectivity index (χ3v) is 3.33. The predicted molar refractivity (Wildman–Crippen MR) is 77.5 cm³/mol. The second-order valence-electron chi connectivity index (χ2n) is 4.97. The number of halogens is 3. The number of anilines is 1. The number of aromatic amines is 2. The van der Waals surface area contributed by atoms with Gasteiger partial charge in [-0.25, -0.2) is 4.98 Å². The van der Waals surface area contributed by atoms with Crippen LogP contribution in [0.3, 0.4) is 0 Å². The summed E-state index contributed by atoms with van der Waals surface area (Å²) < 4.78 is 37.9. The van der Waals surface area contributed by atoms with E-state index in [1.165, 1.54) is 18.6 Å². The van der Waals surface area contributed by atoms with Crippen LogP contribution in [0.4, 0.5) is 18.9 Å². The first-order valence-electron chi connectivity index (χ1n) is 6.80. The molecule has 0 atom stereocenters. The molecule has 5 N–H and O–H groups in total. The van der Waals surface area contributed by atoms with Crippen molar-refractivity contribution >= 4 is 22.6 Å². The number of hydrogen-bond acceptors (Lipinski definition) is 4. The molecule has 124 valence electrons. The number of alkyl halides is 3. The SMILES string of the molecule is Nc1c[nH]c2c(C(=O)NCc3ccnc(C(F)(F)F)c3)nc[nH+]c12. The van der Waals surface area contributed by atoms with Gasteiger partial charge in [0.1, 0.15) is 11.2 Å². The van der Waals surface area contributed by atoms with Gasteiger partial charge in [-0.1, -0.05) is 0 Å². The quantitative estimate of drug-likeness (QED) is 0.669. The van der Waals surface area contributed by atoms with Gasteiger partial charge >= 0.3 is 6.18 Å². The van der Waals surface area contributed by atoms with E-state index in [0.29, 0.717) is 16.7 Å². The van der Waals surface area contributed by atoms with Crippen LogP contribution in [0.25, 0.3) is 11.0 Å². The van der Waals surface area contributed by atoms with E-state index >= 15 is 0 Å². The molecule has 24 heavy (non-hydrogen) atoms. The first-order valence-corrected chi connectivity index (χ1v) is 6.80. The molecule has 3 rings (SSSR count). The third kappa shape index (κ3) is 2.98. The number of nitrogen functional groups attached to an aromatic ring is 1. The molecule has 0 aliphatic carbocycles. The lowest BCUT2D eigenvalue weighted by atomic mass is 10.2. The molecule has 3 heterocycles. The Morgan fingerprint density at radius 1 is 1.38 bits per heavy atom. The Bertz CT molecular complexity index is 905. The third-order valence-electron chi connectivity index (χ3n) is 3.33. The second kappa shape index (κ2) is 5.80. The number of aromatic nitrogens is 4. The van der Waals surface area contributed by atoms with Gasteiger partial charge in [0.05, 0.1) is 5.69 Å². The van der Waals surface area contributed by atoms with E-state index in [2.05, 4.69) is 25.3 Å². The lowest BCUT2D eigenvalue weighted by Crippen LogP contribution is -2.25. The number of hydrogen-bond donors (Lipinski definition) is 3. The molecule has 0 radical (unpaired) electrons. The molecular weight excluding hydrogens is 325 g/mol. The summed E-state index contributed by atoms with van der Waals surface area (Å²) in [6, 6.07) is 2.28. The molecular formula is C14H12F3N6O+. The number of carbonyl (C=O) groups is 1. The van der Waals surface area contributed by atoms with Crippen LogP contribution >= 0.6 is 0 Å². The van der Waals surface area contributed by atoms with Gasteiger partial charge in [0.2, 0.25) is 0 Å². The van der Waals surface area contributed by atoms with Gasteiger partial charge in [0.15, 0.2) is 5.52 Å². The topological polar surface area (TPSA) is 111 Å². The van der Waals surface area contributed by atoms with E-state index in [9.17, 15) is 18.0 Å². The normalized spacial score (nSPS) is 11.6. The summed E-state index contributed by atoms with van der Waals surface area (Å²) >= 11 is 0. The van der Waals surface area contributed by atoms with Crippen LogP contribution in [0.5, 0.6) is 0 Å². The van der Waals surface area contributed by atoms with Crippen LogP contribution in [0.1, 0.15) is 21.7 Å². The maximum Gasteiger partial charge on any atom is 0.433 e. The molecule has 0 fully saturated rings. The minimum absolute atomic E-state index is 0.0885. The highest BCUT2D eigenvalue weighted by Gasteiger charge is 2.32. The van der Waals surface area contributed by atoms with Crippen molar-refractivity contribution in [3.05, 3.63) is 47.8 Å². The zero-order valence-electron chi connectivity index (χ0n) is 12.1. The van der Waals surface area contributed by atoms with Gasteiger partial charge in [0, 0.05) is 18.9 Å². The van der Waals surface area contributed by atoms with Crippen molar-refractivity contribution in [3.8, 4) is 0 Å². The molecule has 0 saturated heterocycles. The molecule has 0 aliphatic rings. The van der Waals surface area contributed by atoms with Gasteiger partial charge in [0.25, 0.3) is 17.9 Å². The summed E-state index contributed by atoms with van der Waals surface area (Å²) in [4.78, 5) is 25.1. The second-order valence-corrected chi connectivity index (χ2v) is 4.97. The summed E-state index contributed by atoms with van der Waals surface area (Å²) in [6.45, 7) is -0.0948. The van der Waals surface area contributed by atoms with Crippen molar-refractivity contribution in [2.45, 2.75) is 12.7 Å².